The van der Waals surface area contributed by atoms with Gasteiger partial charge in [0.05, 0.1) is 11.4 Å². The molecule has 0 aliphatic rings. The summed E-state index contributed by atoms with van der Waals surface area (Å²) in [7, 11) is 0. The number of carbonyl (C=O) groups is 1. The standard InChI is InChI=1S/C23H20N2O3/c1-16(14-22(27)17-8-3-2-4-9-17)25-20-12-6-5-11-19(20)24-15-18-10-7-13-21(26)23(18)28/h2-15,25-26,28H,1H3/b16-14-,24-15?. The molecule has 28 heavy (non-hydrogen) atoms. The third-order valence-electron chi connectivity index (χ3n) is 4.03. The molecule has 0 amide bonds. The van der Waals surface area contributed by atoms with E-state index in [9.17, 15) is 15.0 Å². The zero-order chi connectivity index (χ0) is 19.9. The number of para-hydroxylation sites is 3. The van der Waals surface area contributed by atoms with Gasteiger partial charge in [-0.25, -0.2) is 0 Å². The number of rotatable bonds is 6. The second-order valence-corrected chi connectivity index (χ2v) is 6.17. The predicted octanol–water partition coefficient (Wildman–Crippen LogP) is 5.05. The van der Waals surface area contributed by atoms with Gasteiger partial charge in [0.1, 0.15) is 0 Å². The SMILES string of the molecule is C/C(=C/C(=O)c1ccccc1)Nc1ccccc1N=Cc1cccc(O)c1O. The van der Waals surface area contributed by atoms with E-state index in [4.69, 9.17) is 0 Å². The molecule has 0 spiro atoms. The van der Waals surface area contributed by atoms with Gasteiger partial charge < -0.3 is 15.5 Å². The molecule has 0 bridgehead atoms. The van der Waals surface area contributed by atoms with Gasteiger partial charge in [0.25, 0.3) is 0 Å². The second kappa shape index (κ2) is 8.68. The Labute approximate surface area is 163 Å². The highest BCUT2D eigenvalue weighted by Crippen LogP contribution is 2.29. The number of anilines is 1. The molecule has 140 valence electrons. The molecule has 0 aromatic heterocycles. The zero-order valence-corrected chi connectivity index (χ0v) is 15.3. The van der Waals surface area contributed by atoms with E-state index >= 15 is 0 Å². The lowest BCUT2D eigenvalue weighted by atomic mass is 10.1. The lowest BCUT2D eigenvalue weighted by Gasteiger charge is -2.09. The Hall–Kier alpha value is -3.86. The molecule has 0 fully saturated rings. The van der Waals surface area contributed by atoms with E-state index in [1.54, 1.807) is 24.3 Å². The molecule has 0 saturated heterocycles. The van der Waals surface area contributed by atoms with Crippen molar-refractivity contribution in [2.45, 2.75) is 6.92 Å². The number of nitrogens with zero attached hydrogens (tertiary/aromatic N) is 1. The molecule has 0 atom stereocenters. The van der Waals surface area contributed by atoms with Gasteiger partial charge >= 0.3 is 0 Å². The maximum Gasteiger partial charge on any atom is 0.187 e. The van der Waals surface area contributed by atoms with E-state index in [2.05, 4.69) is 10.3 Å². The van der Waals surface area contributed by atoms with Crippen molar-refractivity contribution in [1.82, 2.24) is 0 Å². The van der Waals surface area contributed by atoms with Crippen molar-refractivity contribution in [2.75, 3.05) is 5.32 Å². The summed E-state index contributed by atoms with van der Waals surface area (Å²) in [4.78, 5) is 16.7. The van der Waals surface area contributed by atoms with Gasteiger partial charge in [-0.15, -0.1) is 0 Å². The Morgan fingerprint density at radius 1 is 0.929 bits per heavy atom. The summed E-state index contributed by atoms with van der Waals surface area (Å²) in [6.07, 6.45) is 3.01. The highest BCUT2D eigenvalue weighted by atomic mass is 16.3. The summed E-state index contributed by atoms with van der Waals surface area (Å²) in [5.41, 5.74) is 3.05. The average Bonchev–Trinajstić information content (AvgIpc) is 2.70. The van der Waals surface area contributed by atoms with Gasteiger partial charge in [-0.05, 0) is 31.2 Å². The number of ketones is 1. The Kier molecular flexibility index (Phi) is 5.87. The van der Waals surface area contributed by atoms with Crippen molar-refractivity contribution in [1.29, 1.82) is 0 Å². The number of aliphatic imine (C=N–C) groups is 1. The topological polar surface area (TPSA) is 81.9 Å². The molecule has 0 aliphatic carbocycles. The summed E-state index contributed by atoms with van der Waals surface area (Å²) in [6.45, 7) is 1.81. The molecule has 0 aliphatic heterocycles. The van der Waals surface area contributed by atoms with Gasteiger partial charge in [0, 0.05) is 29.1 Å². The van der Waals surface area contributed by atoms with Gasteiger partial charge in [-0.3, -0.25) is 9.79 Å². The molecule has 3 aromatic carbocycles. The smallest absolute Gasteiger partial charge is 0.187 e. The number of benzene rings is 3. The molecule has 3 rings (SSSR count). The number of phenols is 2. The van der Waals surface area contributed by atoms with Crippen LogP contribution in [0.15, 0.2) is 89.6 Å². The number of hydrogen-bond acceptors (Lipinski definition) is 5. The number of nitrogens with one attached hydrogen (secondary N) is 1. The largest absolute Gasteiger partial charge is 0.504 e. The lowest BCUT2D eigenvalue weighted by Crippen LogP contribution is -2.01. The third kappa shape index (κ3) is 4.65. The van der Waals surface area contributed by atoms with Gasteiger partial charge in [-0.1, -0.05) is 48.5 Å². The van der Waals surface area contributed by atoms with E-state index in [0.29, 0.717) is 28.2 Å². The van der Waals surface area contributed by atoms with Gasteiger partial charge in [-0.2, -0.15) is 0 Å². The molecule has 0 radical (unpaired) electrons. The number of allylic oxidation sites excluding steroid dienone is 2. The van der Waals surface area contributed by atoms with Crippen LogP contribution < -0.4 is 5.32 Å². The number of carbonyl (C=O) groups excluding carboxylic acids is 1. The van der Waals surface area contributed by atoms with Crippen LogP contribution in [0.1, 0.15) is 22.8 Å². The van der Waals surface area contributed by atoms with E-state index in [-0.39, 0.29) is 17.3 Å². The Morgan fingerprint density at radius 3 is 2.43 bits per heavy atom. The molecule has 5 heteroatoms. The van der Waals surface area contributed by atoms with E-state index < -0.39 is 0 Å². The molecular formula is C23H20N2O3. The quantitative estimate of drug-likeness (QED) is 0.245. The summed E-state index contributed by atoms with van der Waals surface area (Å²) in [5, 5.41) is 22.7. The van der Waals surface area contributed by atoms with Crippen LogP contribution in [0.25, 0.3) is 0 Å². The van der Waals surface area contributed by atoms with Crippen LogP contribution in [0.3, 0.4) is 0 Å². The summed E-state index contributed by atoms with van der Waals surface area (Å²) in [6, 6.07) is 21.1. The van der Waals surface area contributed by atoms with Crippen LogP contribution in [-0.4, -0.2) is 22.2 Å². The van der Waals surface area contributed by atoms with Crippen LogP contribution in [0, 0.1) is 0 Å². The van der Waals surface area contributed by atoms with Crippen LogP contribution in [-0.2, 0) is 0 Å². The van der Waals surface area contributed by atoms with Crippen molar-refractivity contribution >= 4 is 23.4 Å². The maximum atomic E-state index is 12.3. The summed E-state index contributed by atoms with van der Waals surface area (Å²) in [5.74, 6) is -0.508. The highest BCUT2D eigenvalue weighted by Gasteiger charge is 2.06. The minimum atomic E-state index is -0.221. The Bertz CT molecular complexity index is 1040. The van der Waals surface area contributed by atoms with Crippen molar-refractivity contribution in [3.8, 4) is 11.5 Å². The fourth-order valence-corrected chi connectivity index (χ4v) is 2.61. The number of hydrogen-bond donors (Lipinski definition) is 3. The number of aromatic hydroxyl groups is 2. The first-order valence-electron chi connectivity index (χ1n) is 8.73. The van der Waals surface area contributed by atoms with Crippen LogP contribution in [0.2, 0.25) is 0 Å². The first-order valence-corrected chi connectivity index (χ1v) is 8.73. The highest BCUT2D eigenvalue weighted by molar-refractivity contribution is 6.05. The average molecular weight is 372 g/mol. The third-order valence-corrected chi connectivity index (χ3v) is 4.03. The molecule has 3 aromatic rings. The lowest BCUT2D eigenvalue weighted by molar-refractivity contribution is 0.104. The molecule has 0 heterocycles. The van der Waals surface area contributed by atoms with Crippen molar-refractivity contribution < 1.29 is 15.0 Å². The van der Waals surface area contributed by atoms with Gasteiger partial charge in [0.15, 0.2) is 17.3 Å². The molecule has 5 nitrogen and oxygen atoms in total. The maximum absolute atomic E-state index is 12.3. The summed E-state index contributed by atoms with van der Waals surface area (Å²) < 4.78 is 0. The second-order valence-electron chi connectivity index (χ2n) is 6.17. The predicted molar refractivity (Wildman–Crippen MR) is 112 cm³/mol. The zero-order valence-electron chi connectivity index (χ0n) is 15.3. The fourth-order valence-electron chi connectivity index (χ4n) is 2.61. The minimum absolute atomic E-state index is 0.0868. The normalized spacial score (nSPS) is 11.5. The summed E-state index contributed by atoms with van der Waals surface area (Å²) >= 11 is 0. The van der Waals surface area contributed by atoms with Crippen molar-refractivity contribution in [3.05, 3.63) is 95.7 Å². The van der Waals surface area contributed by atoms with Gasteiger partial charge in [0.2, 0.25) is 0 Å². The minimum Gasteiger partial charge on any atom is -0.504 e. The van der Waals surface area contributed by atoms with Crippen molar-refractivity contribution in [3.63, 3.8) is 0 Å². The van der Waals surface area contributed by atoms with E-state index in [0.717, 1.165) is 0 Å². The van der Waals surface area contributed by atoms with Crippen LogP contribution >= 0.6 is 0 Å². The molecule has 0 unspecified atom stereocenters. The first kappa shape index (κ1) is 18.9. The monoisotopic (exact) mass is 372 g/mol. The molecule has 0 saturated carbocycles. The Morgan fingerprint density at radius 2 is 1.64 bits per heavy atom. The van der Waals surface area contributed by atoms with E-state index in [1.165, 1.54) is 18.4 Å². The van der Waals surface area contributed by atoms with E-state index in [1.807, 2.05) is 49.4 Å². The first-order chi connectivity index (χ1) is 13.5. The Balaban J connectivity index is 1.80. The molecular weight excluding hydrogens is 352 g/mol. The number of phenolic OH excluding ortho intramolecular Hbond substituents is 2. The van der Waals surface area contributed by atoms with Crippen molar-refractivity contribution in [2.24, 2.45) is 4.99 Å². The van der Waals surface area contributed by atoms with Crippen LogP contribution in [0.4, 0.5) is 11.4 Å². The molecule has 3 N–H and O–H groups in total. The van der Waals surface area contributed by atoms with Crippen LogP contribution in [0.5, 0.6) is 11.5 Å². The fraction of sp³-hybridized carbons (Fsp3) is 0.0435.